The van der Waals surface area contributed by atoms with E-state index >= 15 is 0 Å². The summed E-state index contributed by atoms with van der Waals surface area (Å²) in [4.78, 5) is 38.8. The van der Waals surface area contributed by atoms with Crippen molar-refractivity contribution in [3.8, 4) is 6.07 Å². The van der Waals surface area contributed by atoms with Gasteiger partial charge in [0.1, 0.15) is 11.7 Å². The van der Waals surface area contributed by atoms with Crippen LogP contribution in [0.2, 0.25) is 0 Å². The molecule has 0 bridgehead atoms. The van der Waals surface area contributed by atoms with Crippen LogP contribution >= 0.6 is 0 Å². The van der Waals surface area contributed by atoms with E-state index in [0.717, 1.165) is 42.4 Å². The molecule has 0 saturated carbocycles. The number of carbonyl (C=O) groups excluding carboxylic acids is 1. The molecule has 5 rings (SSSR count). The smallest absolute Gasteiger partial charge is 0.258 e. The minimum absolute atomic E-state index is 0.249. The number of hydrogen-bond donors (Lipinski definition) is 3. The van der Waals surface area contributed by atoms with Crippen LogP contribution in [-0.2, 0) is 4.79 Å². The highest BCUT2D eigenvalue weighted by Crippen LogP contribution is 2.41. The number of hydrogen-bond acceptors (Lipinski definition) is 5. The van der Waals surface area contributed by atoms with Gasteiger partial charge in [-0.15, -0.1) is 0 Å². The van der Waals surface area contributed by atoms with E-state index in [9.17, 15) is 14.9 Å². The maximum Gasteiger partial charge on any atom is 0.258 e. The highest BCUT2D eigenvalue weighted by molar-refractivity contribution is 5.99. The normalized spacial score (nSPS) is 23.7. The quantitative estimate of drug-likeness (QED) is 0.609. The molecule has 4 heterocycles. The summed E-state index contributed by atoms with van der Waals surface area (Å²) in [5.41, 5.74) is 1.66. The van der Waals surface area contributed by atoms with E-state index in [1.54, 1.807) is 6.20 Å². The zero-order valence-corrected chi connectivity index (χ0v) is 16.6. The molecule has 30 heavy (non-hydrogen) atoms. The number of nitrogens with zero attached hydrogens (tertiary/aromatic N) is 3. The minimum atomic E-state index is -1.01. The van der Waals surface area contributed by atoms with Crippen LogP contribution in [0.15, 0.2) is 35.3 Å². The number of fused-ring (bicyclic) bond motifs is 2. The molecular formula is C22H22N6O2. The Kier molecular flexibility index (Phi) is 4.31. The molecule has 0 spiro atoms. The van der Waals surface area contributed by atoms with Gasteiger partial charge in [-0.25, -0.2) is 0 Å². The lowest BCUT2D eigenvalue weighted by molar-refractivity contribution is -0.119. The van der Waals surface area contributed by atoms with E-state index in [2.05, 4.69) is 38.2 Å². The summed E-state index contributed by atoms with van der Waals surface area (Å²) in [6.45, 7) is 3.80. The average molecular weight is 402 g/mol. The van der Waals surface area contributed by atoms with Crippen LogP contribution in [0.1, 0.15) is 36.8 Å². The molecule has 1 aromatic carbocycles. The molecule has 1 amide bonds. The average Bonchev–Trinajstić information content (AvgIpc) is 3.16. The molecule has 2 aliphatic rings. The van der Waals surface area contributed by atoms with Gasteiger partial charge in [0, 0.05) is 36.1 Å². The lowest BCUT2D eigenvalue weighted by Gasteiger charge is -2.33. The van der Waals surface area contributed by atoms with Crippen molar-refractivity contribution in [3.05, 3.63) is 51.9 Å². The van der Waals surface area contributed by atoms with Crippen molar-refractivity contribution in [3.63, 3.8) is 0 Å². The van der Waals surface area contributed by atoms with Gasteiger partial charge >= 0.3 is 0 Å². The van der Waals surface area contributed by atoms with Crippen molar-refractivity contribution in [2.24, 2.45) is 11.8 Å². The van der Waals surface area contributed by atoms with Crippen LogP contribution in [0.4, 0.5) is 11.8 Å². The summed E-state index contributed by atoms with van der Waals surface area (Å²) in [5, 5.41) is 13.3. The first kappa shape index (κ1) is 18.4. The van der Waals surface area contributed by atoms with Gasteiger partial charge in [-0.05, 0) is 30.4 Å². The third kappa shape index (κ3) is 2.86. The summed E-state index contributed by atoms with van der Waals surface area (Å²) in [6.07, 6.45) is 3.96. The van der Waals surface area contributed by atoms with Crippen molar-refractivity contribution in [1.82, 2.24) is 15.0 Å². The number of anilines is 2. The predicted octanol–water partition coefficient (Wildman–Crippen LogP) is 2.71. The van der Waals surface area contributed by atoms with Gasteiger partial charge in [-0.3, -0.25) is 14.6 Å². The Morgan fingerprint density at radius 1 is 1.27 bits per heavy atom. The lowest BCUT2D eigenvalue weighted by Crippen LogP contribution is -2.41. The van der Waals surface area contributed by atoms with Crippen molar-refractivity contribution >= 4 is 28.6 Å². The topological polar surface area (TPSA) is 118 Å². The zero-order chi connectivity index (χ0) is 20.8. The minimum Gasteiger partial charge on any atom is -0.361 e. The number of aromatic amines is 2. The molecule has 0 radical (unpaired) electrons. The number of nitriles is 1. The monoisotopic (exact) mass is 402 g/mol. The summed E-state index contributed by atoms with van der Waals surface area (Å²) in [6, 6.07) is 9.74. The van der Waals surface area contributed by atoms with Crippen LogP contribution in [0.25, 0.3) is 10.9 Å². The van der Waals surface area contributed by atoms with Crippen LogP contribution in [-0.4, -0.2) is 33.9 Å². The van der Waals surface area contributed by atoms with Gasteiger partial charge in [0.25, 0.3) is 5.56 Å². The van der Waals surface area contributed by atoms with E-state index in [1.807, 2.05) is 24.3 Å². The first-order valence-electron chi connectivity index (χ1n) is 10.2. The van der Waals surface area contributed by atoms with Gasteiger partial charge in [0.05, 0.1) is 11.6 Å². The molecular weight excluding hydrogens is 380 g/mol. The molecule has 2 aromatic heterocycles. The van der Waals surface area contributed by atoms with E-state index in [1.165, 1.54) is 0 Å². The first-order valence-corrected chi connectivity index (χ1v) is 10.2. The molecule has 2 aliphatic heterocycles. The third-order valence-electron chi connectivity index (χ3n) is 6.16. The maximum absolute atomic E-state index is 13.2. The van der Waals surface area contributed by atoms with Gasteiger partial charge in [0.15, 0.2) is 0 Å². The van der Waals surface area contributed by atoms with Gasteiger partial charge in [-0.1, -0.05) is 25.1 Å². The largest absolute Gasteiger partial charge is 0.361 e. The molecule has 3 aromatic rings. The van der Waals surface area contributed by atoms with Crippen LogP contribution in [0.5, 0.6) is 0 Å². The molecule has 3 atom stereocenters. The molecule has 8 nitrogen and oxygen atoms in total. The predicted molar refractivity (Wildman–Crippen MR) is 113 cm³/mol. The second-order valence-electron chi connectivity index (χ2n) is 8.21. The first-order chi connectivity index (χ1) is 14.6. The van der Waals surface area contributed by atoms with E-state index in [4.69, 9.17) is 0 Å². The van der Waals surface area contributed by atoms with E-state index in [0.29, 0.717) is 17.4 Å². The fourth-order valence-corrected chi connectivity index (χ4v) is 4.72. The SMILES string of the molecule is CC1CCCN(c2nc3c(c(=O)[nH]2)C(c2c[nH]c4ccccc24)C(C#N)C(=O)N3)C1. The van der Waals surface area contributed by atoms with E-state index < -0.39 is 17.7 Å². The van der Waals surface area contributed by atoms with Gasteiger partial charge < -0.3 is 15.2 Å². The highest BCUT2D eigenvalue weighted by atomic mass is 16.2. The summed E-state index contributed by atoms with van der Waals surface area (Å²) >= 11 is 0. The Balaban J connectivity index is 1.67. The Morgan fingerprint density at radius 3 is 2.90 bits per heavy atom. The van der Waals surface area contributed by atoms with Crippen molar-refractivity contribution in [1.29, 1.82) is 5.26 Å². The zero-order valence-electron chi connectivity index (χ0n) is 16.6. The van der Waals surface area contributed by atoms with Crippen molar-refractivity contribution < 1.29 is 4.79 Å². The maximum atomic E-state index is 13.2. The Morgan fingerprint density at radius 2 is 2.10 bits per heavy atom. The Bertz CT molecular complexity index is 1240. The van der Waals surface area contributed by atoms with Crippen LogP contribution in [0, 0.1) is 23.2 Å². The number of rotatable bonds is 2. The lowest BCUT2D eigenvalue weighted by atomic mass is 9.79. The highest BCUT2D eigenvalue weighted by Gasteiger charge is 2.41. The number of aromatic nitrogens is 3. The van der Waals surface area contributed by atoms with Gasteiger partial charge in [-0.2, -0.15) is 10.2 Å². The van der Waals surface area contributed by atoms with Crippen molar-refractivity contribution in [2.75, 3.05) is 23.3 Å². The number of H-pyrrole nitrogens is 2. The van der Waals surface area contributed by atoms with Crippen LogP contribution < -0.4 is 15.8 Å². The second-order valence-corrected chi connectivity index (χ2v) is 8.21. The molecule has 8 heteroatoms. The molecule has 0 aliphatic carbocycles. The third-order valence-corrected chi connectivity index (χ3v) is 6.16. The van der Waals surface area contributed by atoms with Gasteiger partial charge in [0.2, 0.25) is 11.9 Å². The molecule has 3 unspecified atom stereocenters. The number of piperidine rings is 1. The molecule has 1 saturated heterocycles. The number of nitrogens with one attached hydrogen (secondary N) is 3. The standard InChI is InChI=1S/C22H22N6O2/c1-12-5-4-8-28(11-12)22-26-19-18(21(30)27-22)17(14(9-23)20(29)25-19)15-10-24-16-7-3-2-6-13(15)16/h2-3,6-7,10,12,14,17,24H,4-5,8,11H2,1H3,(H2,25,26,27,29,30). The summed E-state index contributed by atoms with van der Waals surface area (Å²) in [5.74, 6) is -0.911. The molecule has 3 N–H and O–H groups in total. The second kappa shape index (κ2) is 7.02. The Hall–Kier alpha value is -3.60. The van der Waals surface area contributed by atoms with Crippen LogP contribution in [0.3, 0.4) is 0 Å². The summed E-state index contributed by atoms with van der Waals surface area (Å²) < 4.78 is 0. The molecule has 152 valence electrons. The number of carbonyl (C=O) groups is 1. The number of para-hydroxylation sites is 1. The Labute approximate surface area is 172 Å². The summed E-state index contributed by atoms with van der Waals surface area (Å²) in [7, 11) is 0. The molecule has 1 fully saturated rings. The number of amides is 1. The van der Waals surface area contributed by atoms with Crippen molar-refractivity contribution in [2.45, 2.75) is 25.7 Å². The number of benzene rings is 1. The fraction of sp³-hybridized carbons (Fsp3) is 0.364. The van der Waals surface area contributed by atoms with E-state index in [-0.39, 0.29) is 11.4 Å². The fourth-order valence-electron chi connectivity index (χ4n) is 4.72.